The summed E-state index contributed by atoms with van der Waals surface area (Å²) in [5, 5.41) is 0.577. The highest BCUT2D eigenvalue weighted by molar-refractivity contribution is 9.10. The van der Waals surface area contributed by atoms with E-state index in [0.717, 1.165) is 15.6 Å². The molecule has 0 unspecified atom stereocenters. The van der Waals surface area contributed by atoms with Gasteiger partial charge in [0.1, 0.15) is 17.0 Å². The number of hydrogen-bond donors (Lipinski definition) is 1. The molecule has 0 aliphatic carbocycles. The Kier molecular flexibility index (Phi) is 6.38. The van der Waals surface area contributed by atoms with Crippen LogP contribution < -0.4 is 4.72 Å². The third kappa shape index (κ3) is 4.85. The van der Waals surface area contributed by atoms with Crippen LogP contribution in [-0.2, 0) is 16.6 Å². The molecule has 2 aromatic carbocycles. The van der Waals surface area contributed by atoms with Crippen molar-refractivity contribution in [1.82, 2.24) is 19.3 Å². The van der Waals surface area contributed by atoms with Gasteiger partial charge in [-0.05, 0) is 54.4 Å². The van der Waals surface area contributed by atoms with Gasteiger partial charge < -0.3 is 4.57 Å². The van der Waals surface area contributed by atoms with Gasteiger partial charge in [0, 0.05) is 9.50 Å². The Morgan fingerprint density at radius 2 is 1.88 bits per heavy atom. The summed E-state index contributed by atoms with van der Waals surface area (Å²) in [4.78, 5) is 21.6. The number of nitrogens with zero attached hydrogens (tertiary/aromatic N) is 3. The number of carbonyl (C=O) groups is 1. The van der Waals surface area contributed by atoms with Crippen molar-refractivity contribution in [2.24, 2.45) is 0 Å². The average Bonchev–Trinajstić information content (AvgIpc) is 3.09. The monoisotopic (exact) mass is 544 g/mol. The van der Waals surface area contributed by atoms with Gasteiger partial charge in [0.15, 0.2) is 5.65 Å². The predicted molar refractivity (Wildman–Crippen MR) is 132 cm³/mol. The van der Waals surface area contributed by atoms with Gasteiger partial charge >= 0.3 is 0 Å². The van der Waals surface area contributed by atoms with Crippen LogP contribution in [0.1, 0.15) is 27.4 Å². The van der Waals surface area contributed by atoms with E-state index in [1.165, 1.54) is 18.2 Å². The number of imidazole rings is 1. The second-order valence-corrected chi connectivity index (χ2v) is 10.2. The zero-order valence-corrected chi connectivity index (χ0v) is 20.6. The van der Waals surface area contributed by atoms with Gasteiger partial charge in [-0.3, -0.25) is 4.79 Å². The molecule has 0 saturated heterocycles. The molecule has 0 bridgehead atoms. The highest BCUT2D eigenvalue weighted by Gasteiger charge is 2.21. The maximum Gasteiger partial charge on any atom is 0.283 e. The minimum atomic E-state index is -4.07. The van der Waals surface area contributed by atoms with E-state index in [1.807, 2.05) is 23.6 Å². The van der Waals surface area contributed by atoms with E-state index in [-0.39, 0.29) is 10.6 Å². The molecule has 168 valence electrons. The topological polar surface area (TPSA) is 94.0 Å². The van der Waals surface area contributed by atoms with Gasteiger partial charge in [-0.1, -0.05) is 58.4 Å². The number of carbonyl (C=O) groups excluding carboxylic acids is 1. The molecule has 4 aromatic rings. The predicted octanol–water partition coefficient (Wildman–Crippen LogP) is 4.97. The molecule has 0 aliphatic rings. The van der Waals surface area contributed by atoms with E-state index in [2.05, 4.69) is 37.2 Å². The number of hydrogen-bond acceptors (Lipinski definition) is 5. The molecule has 1 N–H and O–H groups in total. The number of nitrogens with one attached hydrogen (secondary N) is 1. The second kappa shape index (κ2) is 9.09. The van der Waals surface area contributed by atoms with E-state index in [4.69, 9.17) is 11.6 Å². The molecule has 4 rings (SSSR count). The molecule has 2 aromatic heterocycles. The number of sulfonamides is 1. The number of benzene rings is 2. The number of aromatic nitrogens is 3. The molecule has 0 radical (unpaired) electrons. The zero-order valence-electron chi connectivity index (χ0n) is 17.4. The summed E-state index contributed by atoms with van der Waals surface area (Å²) in [5.41, 5.74) is 2.61. The third-order valence-electron chi connectivity index (χ3n) is 5.01. The quantitative estimate of drug-likeness (QED) is 0.369. The number of halogens is 2. The van der Waals surface area contributed by atoms with E-state index in [9.17, 15) is 13.2 Å². The summed E-state index contributed by atoms with van der Waals surface area (Å²) in [7, 11) is -4.07. The number of fused-ring (bicyclic) bond motifs is 1. The lowest BCUT2D eigenvalue weighted by atomic mass is 10.2. The molecule has 0 spiro atoms. The molecule has 2 heterocycles. The van der Waals surface area contributed by atoms with Crippen LogP contribution in [0.25, 0.3) is 17.2 Å². The van der Waals surface area contributed by atoms with E-state index >= 15 is 0 Å². The Balaban J connectivity index is 1.65. The zero-order chi connectivity index (χ0) is 23.8. The summed E-state index contributed by atoms with van der Waals surface area (Å²) in [6.45, 7) is 5.85. The highest BCUT2D eigenvalue weighted by Crippen LogP contribution is 2.24. The average molecular weight is 546 g/mol. The Morgan fingerprint density at radius 1 is 1.15 bits per heavy atom. The van der Waals surface area contributed by atoms with Gasteiger partial charge in [-0.25, -0.2) is 23.1 Å². The van der Waals surface area contributed by atoms with Gasteiger partial charge in [0.2, 0.25) is 0 Å². The molecule has 7 nitrogen and oxygen atoms in total. The lowest BCUT2D eigenvalue weighted by Gasteiger charge is -2.10. The second-order valence-electron chi connectivity index (χ2n) is 7.23. The minimum Gasteiger partial charge on any atom is -0.308 e. The Bertz CT molecular complexity index is 1500. The van der Waals surface area contributed by atoms with Crippen LogP contribution in [0.2, 0.25) is 5.02 Å². The molecule has 10 heteroatoms. The maximum atomic E-state index is 12.7. The molecule has 1 amide bonds. The molecular weight excluding hydrogens is 528 g/mol. The lowest BCUT2D eigenvalue weighted by Crippen LogP contribution is -2.31. The van der Waals surface area contributed by atoms with Gasteiger partial charge in [-0.2, -0.15) is 0 Å². The van der Waals surface area contributed by atoms with Crippen LogP contribution in [0.3, 0.4) is 0 Å². The van der Waals surface area contributed by atoms with Crippen LogP contribution in [0.5, 0.6) is 0 Å². The number of pyridine rings is 1. The Morgan fingerprint density at radius 3 is 2.55 bits per heavy atom. The first kappa shape index (κ1) is 23.2. The summed E-state index contributed by atoms with van der Waals surface area (Å²) in [5.74, 6) is -0.152. The lowest BCUT2D eigenvalue weighted by molar-refractivity contribution is 0.0977. The van der Waals surface area contributed by atoms with Gasteiger partial charge in [0.05, 0.1) is 11.4 Å². The van der Waals surface area contributed by atoms with Gasteiger partial charge in [0.25, 0.3) is 15.9 Å². The SMILES string of the molecule is C=Cc1ccc(S(=O)(=O)NC(=O)c2ccc3nc(C)n(Cc4ccc(Br)cc4Cl)c3n2)cc1. The summed E-state index contributed by atoms with van der Waals surface area (Å²) in [6.07, 6.45) is 1.60. The molecule has 0 aliphatic heterocycles. The first-order chi connectivity index (χ1) is 15.7. The molecule has 33 heavy (non-hydrogen) atoms. The smallest absolute Gasteiger partial charge is 0.283 e. The largest absolute Gasteiger partial charge is 0.308 e. The van der Waals surface area contributed by atoms with Crippen molar-refractivity contribution in [3.63, 3.8) is 0 Å². The third-order valence-corrected chi connectivity index (χ3v) is 7.20. The Labute approximate surface area is 204 Å². The number of rotatable bonds is 6. The van der Waals surface area contributed by atoms with E-state index in [0.29, 0.717) is 28.6 Å². The molecule has 0 atom stereocenters. The number of aryl methyl sites for hydroxylation is 1. The van der Waals surface area contributed by atoms with Crippen molar-refractivity contribution in [3.8, 4) is 0 Å². The van der Waals surface area contributed by atoms with Crippen molar-refractivity contribution in [3.05, 3.63) is 93.3 Å². The van der Waals surface area contributed by atoms with Crippen molar-refractivity contribution >= 4 is 60.7 Å². The molecular formula is C23H18BrClN4O3S. The fourth-order valence-corrected chi connectivity index (χ4v) is 4.96. The van der Waals surface area contributed by atoms with E-state index in [1.54, 1.807) is 30.3 Å². The highest BCUT2D eigenvalue weighted by atomic mass is 79.9. The van der Waals surface area contributed by atoms with Crippen LogP contribution in [0, 0.1) is 6.92 Å². The summed E-state index contributed by atoms with van der Waals surface area (Å²) >= 11 is 9.75. The fourth-order valence-electron chi connectivity index (χ4n) is 3.27. The number of amides is 1. The van der Waals surface area contributed by atoms with Gasteiger partial charge in [-0.15, -0.1) is 0 Å². The van der Waals surface area contributed by atoms with Crippen LogP contribution in [-0.4, -0.2) is 28.9 Å². The maximum absolute atomic E-state index is 12.7. The van der Waals surface area contributed by atoms with Crippen molar-refractivity contribution in [2.45, 2.75) is 18.4 Å². The molecule has 0 fully saturated rings. The Hall–Kier alpha value is -3.01. The standard InChI is InChI=1S/C23H18BrClN4O3S/c1-3-15-4-8-18(9-5-15)33(31,32)28-23(30)21-11-10-20-22(27-21)29(14(2)26-20)13-16-6-7-17(24)12-19(16)25/h3-12H,1,13H2,2H3,(H,28,30). The van der Waals surface area contributed by atoms with Crippen molar-refractivity contribution < 1.29 is 13.2 Å². The van der Waals surface area contributed by atoms with Crippen molar-refractivity contribution in [2.75, 3.05) is 0 Å². The van der Waals surface area contributed by atoms with Crippen molar-refractivity contribution in [1.29, 1.82) is 0 Å². The van der Waals surface area contributed by atoms with Crippen LogP contribution in [0.15, 0.2) is 70.5 Å². The summed E-state index contributed by atoms with van der Waals surface area (Å²) < 4.78 is 30.0. The normalized spacial score (nSPS) is 11.5. The van der Waals surface area contributed by atoms with Crippen LogP contribution in [0.4, 0.5) is 0 Å². The van der Waals surface area contributed by atoms with Crippen LogP contribution >= 0.6 is 27.5 Å². The first-order valence-corrected chi connectivity index (χ1v) is 12.4. The fraction of sp³-hybridized carbons (Fsp3) is 0.0870. The minimum absolute atomic E-state index is 0.0340. The summed E-state index contributed by atoms with van der Waals surface area (Å²) in [6, 6.07) is 14.7. The first-order valence-electron chi connectivity index (χ1n) is 9.75. The van der Waals surface area contributed by atoms with E-state index < -0.39 is 15.9 Å². The molecule has 0 saturated carbocycles.